The van der Waals surface area contributed by atoms with Gasteiger partial charge in [0.05, 0.1) is 6.10 Å². The fourth-order valence-corrected chi connectivity index (χ4v) is 7.49. The second-order valence-electron chi connectivity index (χ2n) is 12.9. The Kier molecular flexibility index (Phi) is 12.6. The fourth-order valence-electron chi connectivity index (χ4n) is 7.31. The van der Waals surface area contributed by atoms with Crippen LogP contribution in [-0.2, 0) is 9.53 Å². The summed E-state index contributed by atoms with van der Waals surface area (Å²) in [5.41, 5.74) is 5.26. The van der Waals surface area contributed by atoms with Crippen LogP contribution in [0.3, 0.4) is 0 Å². The van der Waals surface area contributed by atoms with E-state index >= 15 is 0 Å². The maximum atomic E-state index is 12.9. The van der Waals surface area contributed by atoms with Crippen LogP contribution in [0.4, 0.5) is 13.2 Å². The van der Waals surface area contributed by atoms with E-state index in [1.54, 1.807) is 0 Å². The fraction of sp³-hybridized carbons (Fsp3) is 0.629. The third-order valence-electron chi connectivity index (χ3n) is 9.65. The molecule has 1 N–H and O–H groups in total. The Bertz CT molecular complexity index is 1230. The Morgan fingerprint density at radius 1 is 1.02 bits per heavy atom. The second-order valence-corrected chi connectivity index (χ2v) is 13.3. The molecule has 1 saturated heterocycles. The first-order valence-electron chi connectivity index (χ1n) is 16.1. The van der Waals surface area contributed by atoms with Crippen molar-refractivity contribution in [2.24, 2.45) is 0 Å². The number of carboxylic acid groups (broad SMARTS) is 1. The maximum absolute atomic E-state index is 12.9. The zero-order chi connectivity index (χ0) is 31.9. The van der Waals surface area contributed by atoms with Crippen LogP contribution in [0.15, 0.2) is 36.4 Å². The summed E-state index contributed by atoms with van der Waals surface area (Å²) in [6.45, 7) is 6.77. The van der Waals surface area contributed by atoms with Gasteiger partial charge in [-0.1, -0.05) is 42.3 Å². The molecule has 0 spiro atoms. The van der Waals surface area contributed by atoms with Gasteiger partial charge in [-0.15, -0.1) is 0 Å². The van der Waals surface area contributed by atoms with Gasteiger partial charge in [0.1, 0.15) is 12.6 Å². The van der Waals surface area contributed by atoms with E-state index in [1.807, 2.05) is 43.1 Å². The summed E-state index contributed by atoms with van der Waals surface area (Å²) in [5.74, 6) is -0.569. The first-order chi connectivity index (χ1) is 20.9. The van der Waals surface area contributed by atoms with Crippen LogP contribution in [0, 0.1) is 13.8 Å². The summed E-state index contributed by atoms with van der Waals surface area (Å²) in [5, 5.41) is 11.3. The Morgan fingerprint density at radius 2 is 1.73 bits per heavy atom. The Labute approximate surface area is 265 Å². The third-order valence-corrected chi connectivity index (χ3v) is 9.88. The SMILES string of the molecule is Cc1ccc(Cl)cc1[C@@H](CCN1CCCCC1)CCN(C)C(C(=O)O)c1cccc(C)c1C1CCC(OCC(F)(F)F)CC1. The van der Waals surface area contributed by atoms with E-state index in [1.165, 1.54) is 30.4 Å². The van der Waals surface area contributed by atoms with Crippen molar-refractivity contribution in [3.8, 4) is 0 Å². The van der Waals surface area contributed by atoms with Crippen molar-refractivity contribution in [2.45, 2.75) is 102 Å². The Morgan fingerprint density at radius 3 is 2.39 bits per heavy atom. The molecule has 9 heteroatoms. The number of piperidine rings is 1. The monoisotopic (exact) mass is 636 g/mol. The number of likely N-dealkylation sites (tertiary alicyclic amines) is 1. The molecule has 2 atom stereocenters. The highest BCUT2D eigenvalue weighted by molar-refractivity contribution is 6.30. The van der Waals surface area contributed by atoms with Crippen LogP contribution in [-0.4, -0.2) is 73.0 Å². The second kappa shape index (κ2) is 15.9. The molecule has 2 fully saturated rings. The third kappa shape index (κ3) is 9.68. The summed E-state index contributed by atoms with van der Waals surface area (Å²) in [6, 6.07) is 11.1. The van der Waals surface area contributed by atoms with Gasteiger partial charge in [0, 0.05) is 5.02 Å². The summed E-state index contributed by atoms with van der Waals surface area (Å²) in [6.07, 6.45) is 3.21. The van der Waals surface area contributed by atoms with Crippen molar-refractivity contribution in [1.82, 2.24) is 9.80 Å². The lowest BCUT2D eigenvalue weighted by Gasteiger charge is -2.34. The Balaban J connectivity index is 1.49. The molecule has 0 amide bonds. The van der Waals surface area contributed by atoms with E-state index < -0.39 is 30.9 Å². The molecule has 244 valence electrons. The van der Waals surface area contributed by atoms with E-state index in [9.17, 15) is 23.1 Å². The molecule has 1 heterocycles. The van der Waals surface area contributed by atoms with Gasteiger partial charge in [-0.05, 0) is 150 Å². The highest BCUT2D eigenvalue weighted by atomic mass is 35.5. The predicted octanol–water partition coefficient (Wildman–Crippen LogP) is 8.67. The van der Waals surface area contributed by atoms with Crippen molar-refractivity contribution in [3.63, 3.8) is 0 Å². The molecule has 1 unspecified atom stereocenters. The number of carbonyl (C=O) groups is 1. The number of halogens is 4. The number of carboxylic acids is 1. The summed E-state index contributed by atoms with van der Waals surface area (Å²) in [7, 11) is 1.89. The van der Waals surface area contributed by atoms with Crippen LogP contribution < -0.4 is 0 Å². The molecule has 0 radical (unpaired) electrons. The molecule has 2 aliphatic rings. The average Bonchev–Trinajstić information content (AvgIpc) is 2.98. The van der Waals surface area contributed by atoms with Gasteiger partial charge in [0.15, 0.2) is 0 Å². The summed E-state index contributed by atoms with van der Waals surface area (Å²) in [4.78, 5) is 17.4. The number of hydrogen-bond acceptors (Lipinski definition) is 4. The molecule has 4 rings (SSSR count). The molecule has 0 bridgehead atoms. The number of aliphatic carboxylic acids is 1. The molecule has 1 saturated carbocycles. The first-order valence-corrected chi connectivity index (χ1v) is 16.5. The maximum Gasteiger partial charge on any atom is 0.411 e. The smallest absolute Gasteiger partial charge is 0.411 e. The average molecular weight is 637 g/mol. The predicted molar refractivity (Wildman–Crippen MR) is 170 cm³/mol. The van der Waals surface area contributed by atoms with E-state index in [0.29, 0.717) is 37.3 Å². The quantitative estimate of drug-likeness (QED) is 0.238. The first kappa shape index (κ1) is 34.7. The molecule has 0 aromatic heterocycles. The standard InChI is InChI=1S/C35H48ClF3N2O3/c1-24-10-13-28(36)22-31(24)26(17-21-41-18-5-4-6-19-41)16-20-40(3)33(34(42)43)30-9-7-8-25(2)32(30)27-11-14-29(15-12-27)44-23-35(37,38)39/h7-10,13,22,26-27,29,33H,4-6,11-12,14-21,23H2,1-3H3,(H,42,43)/t26-,27?,29?,33?/m1/s1. The van der Waals surface area contributed by atoms with Crippen molar-refractivity contribution in [2.75, 3.05) is 39.8 Å². The van der Waals surface area contributed by atoms with Gasteiger partial charge in [-0.25, -0.2) is 0 Å². The Hall–Kier alpha value is -2.13. The molecule has 5 nitrogen and oxygen atoms in total. The topological polar surface area (TPSA) is 53.0 Å². The van der Waals surface area contributed by atoms with Gasteiger partial charge in [0.25, 0.3) is 0 Å². The lowest BCUT2D eigenvalue weighted by molar-refractivity contribution is -0.188. The minimum atomic E-state index is -4.34. The molecule has 1 aliphatic heterocycles. The number of likely N-dealkylation sites (N-methyl/N-ethyl adjacent to an activating group) is 1. The normalized spacial score (nSPS) is 21.4. The zero-order valence-electron chi connectivity index (χ0n) is 26.3. The lowest BCUT2D eigenvalue weighted by atomic mass is 9.77. The van der Waals surface area contributed by atoms with E-state index in [2.05, 4.69) is 24.0 Å². The number of alkyl halides is 3. The van der Waals surface area contributed by atoms with Crippen LogP contribution in [0.5, 0.6) is 0 Å². The molecule has 2 aromatic rings. The minimum Gasteiger partial charge on any atom is -0.480 e. The molecule has 2 aromatic carbocycles. The summed E-state index contributed by atoms with van der Waals surface area (Å²) < 4.78 is 43.2. The van der Waals surface area contributed by atoms with Crippen molar-refractivity contribution in [3.05, 3.63) is 69.2 Å². The highest BCUT2D eigenvalue weighted by Gasteiger charge is 2.34. The number of aryl methyl sites for hydroxylation is 2. The largest absolute Gasteiger partial charge is 0.480 e. The van der Waals surface area contributed by atoms with Gasteiger partial charge in [0.2, 0.25) is 0 Å². The minimum absolute atomic E-state index is 0.0820. The van der Waals surface area contributed by atoms with Crippen molar-refractivity contribution in [1.29, 1.82) is 0 Å². The number of benzene rings is 2. The van der Waals surface area contributed by atoms with Gasteiger partial charge >= 0.3 is 12.1 Å². The number of ether oxygens (including phenoxy) is 1. The van der Waals surface area contributed by atoms with Gasteiger partial charge < -0.3 is 14.7 Å². The van der Waals surface area contributed by atoms with Crippen LogP contribution in [0.1, 0.15) is 103 Å². The molecular weight excluding hydrogens is 589 g/mol. The lowest BCUT2D eigenvalue weighted by Crippen LogP contribution is -2.34. The molecule has 1 aliphatic carbocycles. The van der Waals surface area contributed by atoms with Crippen molar-refractivity contribution < 1.29 is 27.8 Å². The zero-order valence-corrected chi connectivity index (χ0v) is 27.1. The summed E-state index contributed by atoms with van der Waals surface area (Å²) >= 11 is 6.44. The van der Waals surface area contributed by atoms with Crippen molar-refractivity contribution >= 4 is 17.6 Å². The molecular formula is C35H48ClF3N2O3. The van der Waals surface area contributed by atoms with Crippen LogP contribution >= 0.6 is 11.6 Å². The number of nitrogens with zero attached hydrogens (tertiary/aromatic N) is 2. The van der Waals surface area contributed by atoms with E-state index in [0.717, 1.165) is 49.2 Å². The van der Waals surface area contributed by atoms with Crippen LogP contribution in [0.2, 0.25) is 5.02 Å². The number of rotatable bonds is 13. The van der Waals surface area contributed by atoms with Gasteiger partial charge in [-0.3, -0.25) is 9.69 Å². The van der Waals surface area contributed by atoms with E-state index in [-0.39, 0.29) is 11.8 Å². The highest BCUT2D eigenvalue weighted by Crippen LogP contribution is 2.41. The molecule has 44 heavy (non-hydrogen) atoms. The van der Waals surface area contributed by atoms with Crippen LogP contribution in [0.25, 0.3) is 0 Å². The van der Waals surface area contributed by atoms with Gasteiger partial charge in [-0.2, -0.15) is 13.2 Å². The number of hydrogen-bond donors (Lipinski definition) is 1. The van der Waals surface area contributed by atoms with E-state index in [4.69, 9.17) is 16.3 Å².